The average molecular weight is 272 g/mol. The van der Waals surface area contributed by atoms with Crippen LogP contribution >= 0.6 is 0 Å². The fourth-order valence-electron chi connectivity index (χ4n) is 1.77. The van der Waals surface area contributed by atoms with Gasteiger partial charge in [-0.1, -0.05) is 20.8 Å². The van der Waals surface area contributed by atoms with E-state index in [9.17, 15) is 4.79 Å². The summed E-state index contributed by atoms with van der Waals surface area (Å²) in [4.78, 5) is 14.2. The minimum Gasteiger partial charge on any atom is -0.460 e. The predicted octanol–water partition coefficient (Wildman–Crippen LogP) is 2.29. The number of rotatable bonds is 9. The molecule has 0 spiro atoms. The van der Waals surface area contributed by atoms with Gasteiger partial charge in [-0.25, -0.2) is 0 Å². The Hall–Kier alpha value is -0.610. The maximum Gasteiger partial charge on any atom is 0.310 e. The number of carbonyl (C=O) groups excluding carboxylic acids is 1. The summed E-state index contributed by atoms with van der Waals surface area (Å²) in [5.74, 6) is -0.212. The molecule has 0 saturated carbocycles. The molecule has 0 amide bonds. The second-order valence-corrected chi connectivity index (χ2v) is 6.02. The predicted molar refractivity (Wildman–Crippen MR) is 80.3 cm³/mol. The topological polar surface area (TPSA) is 41.6 Å². The fraction of sp³-hybridized carbons (Fsp3) is 0.933. The van der Waals surface area contributed by atoms with E-state index in [0.29, 0.717) is 6.54 Å². The number of hydrogen-bond acceptors (Lipinski definition) is 4. The van der Waals surface area contributed by atoms with Crippen LogP contribution in [0.2, 0.25) is 0 Å². The Morgan fingerprint density at radius 3 is 2.32 bits per heavy atom. The summed E-state index contributed by atoms with van der Waals surface area (Å²) in [5, 5.41) is 3.33. The SMILES string of the molecule is CCN(CC)CCCNC[C@H](C)C(=O)OC(C)(C)C. The molecule has 0 aromatic rings. The highest BCUT2D eigenvalue weighted by Crippen LogP contribution is 2.10. The highest BCUT2D eigenvalue weighted by atomic mass is 16.6. The second-order valence-electron chi connectivity index (χ2n) is 6.02. The van der Waals surface area contributed by atoms with Crippen LogP contribution in [0.1, 0.15) is 48.0 Å². The third-order valence-corrected chi connectivity index (χ3v) is 2.98. The van der Waals surface area contributed by atoms with E-state index in [1.54, 1.807) is 0 Å². The first-order chi connectivity index (χ1) is 8.80. The summed E-state index contributed by atoms with van der Waals surface area (Å²) < 4.78 is 5.34. The molecular formula is C15H32N2O2. The van der Waals surface area contributed by atoms with E-state index in [1.807, 2.05) is 27.7 Å². The molecule has 114 valence electrons. The van der Waals surface area contributed by atoms with E-state index in [4.69, 9.17) is 4.74 Å². The van der Waals surface area contributed by atoms with E-state index in [0.717, 1.165) is 32.6 Å². The van der Waals surface area contributed by atoms with Gasteiger partial charge in [-0.05, 0) is 53.4 Å². The van der Waals surface area contributed by atoms with Crippen LogP contribution in [-0.4, -0.2) is 49.2 Å². The lowest BCUT2D eigenvalue weighted by Gasteiger charge is -2.22. The van der Waals surface area contributed by atoms with E-state index >= 15 is 0 Å². The molecule has 0 rings (SSSR count). The fourth-order valence-corrected chi connectivity index (χ4v) is 1.77. The molecule has 0 bridgehead atoms. The van der Waals surface area contributed by atoms with Crippen molar-refractivity contribution < 1.29 is 9.53 Å². The van der Waals surface area contributed by atoms with E-state index in [1.165, 1.54) is 0 Å². The normalized spacial score (nSPS) is 13.6. The van der Waals surface area contributed by atoms with Crippen molar-refractivity contribution in [3.63, 3.8) is 0 Å². The summed E-state index contributed by atoms with van der Waals surface area (Å²) >= 11 is 0. The van der Waals surface area contributed by atoms with Gasteiger partial charge in [-0.3, -0.25) is 4.79 Å². The molecule has 0 aliphatic carbocycles. The van der Waals surface area contributed by atoms with Crippen molar-refractivity contribution in [2.45, 2.75) is 53.6 Å². The van der Waals surface area contributed by atoms with Gasteiger partial charge in [0, 0.05) is 6.54 Å². The molecule has 0 saturated heterocycles. The lowest BCUT2D eigenvalue weighted by molar-refractivity contribution is -0.159. The Bertz CT molecular complexity index is 245. The van der Waals surface area contributed by atoms with Crippen LogP contribution in [0.5, 0.6) is 0 Å². The van der Waals surface area contributed by atoms with Gasteiger partial charge in [-0.15, -0.1) is 0 Å². The standard InChI is InChI=1S/C15H32N2O2/c1-7-17(8-2)11-9-10-16-12-13(3)14(18)19-15(4,5)6/h13,16H,7-12H2,1-6H3/t13-/m0/s1. The van der Waals surface area contributed by atoms with E-state index in [-0.39, 0.29) is 11.9 Å². The Labute approximate surface area is 118 Å². The van der Waals surface area contributed by atoms with Crippen molar-refractivity contribution in [3.05, 3.63) is 0 Å². The maximum atomic E-state index is 11.8. The molecule has 4 heteroatoms. The Morgan fingerprint density at radius 2 is 1.84 bits per heavy atom. The number of ether oxygens (including phenoxy) is 1. The average Bonchev–Trinajstić information content (AvgIpc) is 2.31. The molecule has 0 fully saturated rings. The van der Waals surface area contributed by atoms with Crippen LogP contribution in [0.25, 0.3) is 0 Å². The summed E-state index contributed by atoms with van der Waals surface area (Å²) in [6.07, 6.45) is 1.11. The minimum atomic E-state index is -0.395. The summed E-state index contributed by atoms with van der Waals surface area (Å²) in [6.45, 7) is 16.9. The van der Waals surface area contributed by atoms with Crippen LogP contribution in [-0.2, 0) is 9.53 Å². The van der Waals surface area contributed by atoms with Crippen molar-refractivity contribution in [2.75, 3.05) is 32.7 Å². The van der Waals surface area contributed by atoms with Crippen molar-refractivity contribution in [3.8, 4) is 0 Å². The molecule has 0 aliphatic heterocycles. The van der Waals surface area contributed by atoms with E-state index < -0.39 is 5.60 Å². The Balaban J connectivity index is 3.69. The summed E-state index contributed by atoms with van der Waals surface area (Å²) in [6, 6.07) is 0. The first-order valence-electron chi connectivity index (χ1n) is 7.46. The Morgan fingerprint density at radius 1 is 1.26 bits per heavy atom. The third-order valence-electron chi connectivity index (χ3n) is 2.98. The second kappa shape index (κ2) is 9.32. The highest BCUT2D eigenvalue weighted by molar-refractivity contribution is 5.72. The van der Waals surface area contributed by atoms with Gasteiger partial charge in [-0.2, -0.15) is 0 Å². The van der Waals surface area contributed by atoms with Crippen molar-refractivity contribution in [2.24, 2.45) is 5.92 Å². The molecule has 0 unspecified atom stereocenters. The molecular weight excluding hydrogens is 240 g/mol. The van der Waals surface area contributed by atoms with Crippen LogP contribution in [0.3, 0.4) is 0 Å². The van der Waals surface area contributed by atoms with Gasteiger partial charge in [0.1, 0.15) is 5.60 Å². The lowest BCUT2D eigenvalue weighted by Crippen LogP contribution is -2.34. The molecule has 0 heterocycles. The van der Waals surface area contributed by atoms with Crippen LogP contribution in [0, 0.1) is 5.92 Å². The lowest BCUT2D eigenvalue weighted by atomic mass is 10.1. The van der Waals surface area contributed by atoms with Crippen molar-refractivity contribution in [1.82, 2.24) is 10.2 Å². The molecule has 1 atom stereocenters. The molecule has 19 heavy (non-hydrogen) atoms. The molecule has 0 aromatic heterocycles. The highest BCUT2D eigenvalue weighted by Gasteiger charge is 2.21. The number of carbonyl (C=O) groups is 1. The van der Waals surface area contributed by atoms with Gasteiger partial charge in [0.15, 0.2) is 0 Å². The monoisotopic (exact) mass is 272 g/mol. The zero-order chi connectivity index (χ0) is 14.9. The number of nitrogens with one attached hydrogen (secondary N) is 1. The quantitative estimate of drug-likeness (QED) is 0.516. The van der Waals surface area contributed by atoms with Crippen molar-refractivity contribution >= 4 is 5.97 Å². The van der Waals surface area contributed by atoms with Crippen molar-refractivity contribution in [1.29, 1.82) is 0 Å². The first-order valence-corrected chi connectivity index (χ1v) is 7.46. The molecule has 0 aromatic carbocycles. The van der Waals surface area contributed by atoms with E-state index in [2.05, 4.69) is 24.1 Å². The Kier molecular flexibility index (Phi) is 9.02. The largest absolute Gasteiger partial charge is 0.460 e. The summed E-state index contributed by atoms with van der Waals surface area (Å²) in [7, 11) is 0. The van der Waals surface area contributed by atoms with Crippen LogP contribution < -0.4 is 5.32 Å². The van der Waals surface area contributed by atoms with Crippen LogP contribution in [0.15, 0.2) is 0 Å². The van der Waals surface area contributed by atoms with Gasteiger partial charge < -0.3 is 15.0 Å². The third kappa shape index (κ3) is 9.91. The number of esters is 1. The molecule has 1 N–H and O–H groups in total. The molecule has 4 nitrogen and oxygen atoms in total. The van der Waals surface area contributed by atoms with Crippen LogP contribution in [0.4, 0.5) is 0 Å². The van der Waals surface area contributed by atoms with Gasteiger partial charge >= 0.3 is 5.97 Å². The van der Waals surface area contributed by atoms with Gasteiger partial charge in [0.25, 0.3) is 0 Å². The number of hydrogen-bond donors (Lipinski definition) is 1. The summed E-state index contributed by atoms with van der Waals surface area (Å²) in [5.41, 5.74) is -0.395. The zero-order valence-electron chi connectivity index (χ0n) is 13.6. The smallest absolute Gasteiger partial charge is 0.310 e. The first kappa shape index (κ1) is 18.4. The zero-order valence-corrected chi connectivity index (χ0v) is 13.6. The van der Waals surface area contributed by atoms with Gasteiger partial charge in [0.2, 0.25) is 0 Å². The minimum absolute atomic E-state index is 0.0901. The maximum absolute atomic E-state index is 11.8. The molecule has 0 aliphatic rings. The van der Waals surface area contributed by atoms with Gasteiger partial charge in [0.05, 0.1) is 5.92 Å². The number of nitrogens with zero attached hydrogens (tertiary/aromatic N) is 1. The molecule has 0 radical (unpaired) electrons.